The van der Waals surface area contributed by atoms with Crippen LogP contribution in [0.5, 0.6) is 0 Å². The van der Waals surface area contributed by atoms with E-state index in [1.54, 1.807) is 0 Å². The van der Waals surface area contributed by atoms with Gasteiger partial charge in [-0.25, -0.2) is 4.57 Å². The number of phosphoric acid groups is 1. The fourth-order valence-corrected chi connectivity index (χ4v) is 5.71. The number of halogens is 1. The van der Waals surface area contributed by atoms with E-state index >= 15 is 0 Å². The molecule has 0 amide bonds. The molecule has 0 aliphatic heterocycles. The number of rotatable bonds is 30. The maximum absolute atomic E-state index is 10.6. The van der Waals surface area contributed by atoms with Crippen LogP contribution in [0.25, 0.3) is 0 Å². The van der Waals surface area contributed by atoms with Gasteiger partial charge in [0.2, 0.25) is 0 Å². The highest BCUT2D eigenvalue weighted by Gasteiger charge is 2.12. The van der Waals surface area contributed by atoms with Crippen molar-refractivity contribution >= 4 is 30.4 Å². The molecule has 0 rings (SSSR count). The number of phosphoric ester groups is 1. The van der Waals surface area contributed by atoms with Crippen molar-refractivity contribution in [3.63, 3.8) is 0 Å². The van der Waals surface area contributed by atoms with Crippen LogP contribution in [0.2, 0.25) is 0 Å². The van der Waals surface area contributed by atoms with Gasteiger partial charge in [0, 0.05) is 0 Å². The first-order chi connectivity index (χ1) is 17.1. The first-order valence-electron chi connectivity index (χ1n) is 15.3. The van der Waals surface area contributed by atoms with Gasteiger partial charge in [0.15, 0.2) is 0 Å². The highest BCUT2D eigenvalue weighted by atomic mass is 127. The molecule has 0 unspecified atom stereocenters. The van der Waals surface area contributed by atoms with Crippen LogP contribution in [-0.2, 0) is 9.09 Å². The summed E-state index contributed by atoms with van der Waals surface area (Å²) < 4.78 is 16.3. The second kappa shape index (κ2) is 29.4. The van der Waals surface area contributed by atoms with Gasteiger partial charge < -0.3 is 9.79 Å². The number of hydrogen-bond donors (Lipinski definition) is 2. The third kappa shape index (κ3) is 34.8. The second-order valence-electron chi connectivity index (χ2n) is 10.6. The molecule has 212 valence electrons. The monoisotopic (exact) mass is 630 g/mol. The van der Waals surface area contributed by atoms with Crippen molar-refractivity contribution in [2.45, 2.75) is 173 Å². The summed E-state index contributed by atoms with van der Waals surface area (Å²) in [5, 5.41) is 0. The molecule has 0 aromatic rings. The summed E-state index contributed by atoms with van der Waals surface area (Å²) in [6, 6.07) is 0. The number of unbranched alkanes of at least 4 members (excludes halogenated alkanes) is 26. The van der Waals surface area contributed by atoms with Crippen LogP contribution in [0.15, 0.2) is 0 Å². The summed E-state index contributed by atoms with van der Waals surface area (Å²) >= 11 is 2.49. The van der Waals surface area contributed by atoms with E-state index < -0.39 is 7.82 Å². The third-order valence-electron chi connectivity index (χ3n) is 7.04. The molecule has 0 heterocycles. The summed E-state index contributed by atoms with van der Waals surface area (Å²) in [5.74, 6) is 0. The maximum Gasteiger partial charge on any atom is 0.469 e. The van der Waals surface area contributed by atoms with Gasteiger partial charge in [0.05, 0.1) is 6.61 Å². The Morgan fingerprint density at radius 3 is 0.800 bits per heavy atom. The Bertz CT molecular complexity index is 444. The predicted molar refractivity (Wildman–Crippen MR) is 162 cm³/mol. The second-order valence-corrected chi connectivity index (χ2v) is 12.9. The standard InChI is InChI=1S/C29H60IO4P/c30-28-26-24-22-20-18-16-14-12-10-8-6-4-2-1-3-5-7-9-11-13-15-17-19-21-23-25-27-29-34-35(31,32)33/h1-29H2,(H2,31,32,33). The topological polar surface area (TPSA) is 66.8 Å². The highest BCUT2D eigenvalue weighted by molar-refractivity contribution is 14.1. The van der Waals surface area contributed by atoms with E-state index in [9.17, 15) is 4.57 Å². The Hall–Kier alpha value is 0.840. The van der Waals surface area contributed by atoms with Crippen molar-refractivity contribution in [2.75, 3.05) is 11.0 Å². The van der Waals surface area contributed by atoms with Gasteiger partial charge in [0.1, 0.15) is 0 Å². The largest absolute Gasteiger partial charge is 0.469 e. The van der Waals surface area contributed by atoms with E-state index in [1.165, 1.54) is 159 Å². The Balaban J connectivity index is 3.04. The maximum atomic E-state index is 10.6. The molecule has 6 heteroatoms. The van der Waals surface area contributed by atoms with Crippen LogP contribution < -0.4 is 0 Å². The minimum absolute atomic E-state index is 0.170. The fourth-order valence-electron chi connectivity index (χ4n) is 4.80. The SMILES string of the molecule is O=P(O)(O)OCCCCCCCCCCCCCCCCCCCCCCCCCCCCCI. The lowest BCUT2D eigenvalue weighted by Crippen LogP contribution is -1.92. The van der Waals surface area contributed by atoms with Gasteiger partial charge >= 0.3 is 7.82 Å². The number of hydrogen-bond acceptors (Lipinski definition) is 2. The molecular formula is C29H60IO4P. The lowest BCUT2D eigenvalue weighted by molar-refractivity contribution is 0.193. The molecule has 0 fully saturated rings. The first kappa shape index (κ1) is 35.8. The van der Waals surface area contributed by atoms with E-state index in [2.05, 4.69) is 27.1 Å². The van der Waals surface area contributed by atoms with Gasteiger partial charge in [0.25, 0.3) is 0 Å². The Morgan fingerprint density at radius 2 is 0.600 bits per heavy atom. The van der Waals surface area contributed by atoms with E-state index in [0.717, 1.165) is 19.3 Å². The van der Waals surface area contributed by atoms with Crippen molar-refractivity contribution in [1.82, 2.24) is 0 Å². The molecule has 4 nitrogen and oxygen atoms in total. The summed E-state index contributed by atoms with van der Waals surface area (Å²) in [6.07, 6.45) is 37.0. The van der Waals surface area contributed by atoms with Crippen molar-refractivity contribution in [1.29, 1.82) is 0 Å². The zero-order valence-corrected chi connectivity index (χ0v) is 26.1. The molecule has 35 heavy (non-hydrogen) atoms. The molecule has 0 aromatic carbocycles. The first-order valence-corrected chi connectivity index (χ1v) is 18.4. The average Bonchev–Trinajstić information content (AvgIpc) is 2.82. The van der Waals surface area contributed by atoms with Crippen LogP contribution in [-0.4, -0.2) is 20.8 Å². The Labute approximate surface area is 232 Å². The van der Waals surface area contributed by atoms with E-state index in [4.69, 9.17) is 9.79 Å². The van der Waals surface area contributed by atoms with Crippen molar-refractivity contribution in [3.05, 3.63) is 0 Å². The lowest BCUT2D eigenvalue weighted by atomic mass is 10.0. The third-order valence-corrected chi connectivity index (χ3v) is 8.32. The number of alkyl halides is 1. The summed E-state index contributed by atoms with van der Waals surface area (Å²) in [5.41, 5.74) is 0. The van der Waals surface area contributed by atoms with Crippen LogP contribution in [0, 0.1) is 0 Å². The molecule has 0 aliphatic rings. The quantitative estimate of drug-likeness (QED) is 0.0359. The summed E-state index contributed by atoms with van der Waals surface area (Å²) in [4.78, 5) is 17.2. The molecule has 0 aliphatic carbocycles. The van der Waals surface area contributed by atoms with Crippen molar-refractivity contribution < 1.29 is 18.9 Å². The molecule has 0 aromatic heterocycles. The summed E-state index contributed by atoms with van der Waals surface area (Å²) in [6.45, 7) is 0.170. The van der Waals surface area contributed by atoms with E-state index in [0.29, 0.717) is 0 Å². The molecule has 0 spiro atoms. The molecule has 0 radical (unpaired) electrons. The fraction of sp³-hybridized carbons (Fsp3) is 1.00. The van der Waals surface area contributed by atoms with Crippen LogP contribution in [0.4, 0.5) is 0 Å². The average molecular weight is 631 g/mol. The van der Waals surface area contributed by atoms with Crippen LogP contribution in [0.1, 0.15) is 173 Å². The van der Waals surface area contributed by atoms with Gasteiger partial charge in [-0.05, 0) is 17.3 Å². The van der Waals surface area contributed by atoms with Crippen molar-refractivity contribution in [2.24, 2.45) is 0 Å². The zero-order chi connectivity index (χ0) is 25.7. The Morgan fingerprint density at radius 1 is 0.400 bits per heavy atom. The van der Waals surface area contributed by atoms with Crippen molar-refractivity contribution in [3.8, 4) is 0 Å². The van der Waals surface area contributed by atoms with Gasteiger partial charge in [-0.2, -0.15) is 0 Å². The molecular weight excluding hydrogens is 570 g/mol. The minimum atomic E-state index is -4.27. The molecule has 0 saturated carbocycles. The molecule has 0 atom stereocenters. The summed E-state index contributed by atoms with van der Waals surface area (Å²) in [7, 11) is -4.27. The van der Waals surface area contributed by atoms with Gasteiger partial charge in [-0.15, -0.1) is 0 Å². The zero-order valence-electron chi connectivity index (χ0n) is 23.0. The van der Waals surface area contributed by atoms with Crippen LogP contribution in [0.3, 0.4) is 0 Å². The highest BCUT2D eigenvalue weighted by Crippen LogP contribution is 2.35. The molecule has 0 saturated heterocycles. The van der Waals surface area contributed by atoms with Gasteiger partial charge in [-0.3, -0.25) is 4.52 Å². The molecule has 0 bridgehead atoms. The Kier molecular flexibility index (Phi) is 30.1. The van der Waals surface area contributed by atoms with E-state index in [1.807, 2.05) is 0 Å². The minimum Gasteiger partial charge on any atom is -0.303 e. The smallest absolute Gasteiger partial charge is 0.303 e. The molecule has 2 N–H and O–H groups in total. The lowest BCUT2D eigenvalue weighted by Gasteiger charge is -2.05. The van der Waals surface area contributed by atoms with Gasteiger partial charge in [-0.1, -0.05) is 183 Å². The van der Waals surface area contributed by atoms with Crippen LogP contribution >= 0.6 is 30.4 Å². The van der Waals surface area contributed by atoms with E-state index in [-0.39, 0.29) is 6.61 Å². The normalized spacial score (nSPS) is 12.0. The predicted octanol–water partition coefficient (Wildman–Crippen LogP) is 11.1.